The average Bonchev–Trinajstić information content (AvgIpc) is 2.78. The molecule has 6 heteroatoms. The molecule has 1 aromatic heterocycles. The number of carbonyl (C=O) groups excluding carboxylic acids is 1. The van der Waals surface area contributed by atoms with E-state index < -0.39 is 0 Å². The van der Waals surface area contributed by atoms with Gasteiger partial charge in [0, 0.05) is 19.8 Å². The SMILES string of the molecule is COC(=O)c1sc(NCC2(C)CCOCC2)nc1C. The topological polar surface area (TPSA) is 60.5 Å². The third-order valence-electron chi connectivity index (χ3n) is 3.53. The van der Waals surface area contributed by atoms with Crippen LogP contribution in [0.5, 0.6) is 0 Å². The van der Waals surface area contributed by atoms with E-state index in [1.165, 1.54) is 18.4 Å². The van der Waals surface area contributed by atoms with Gasteiger partial charge in [0.15, 0.2) is 5.13 Å². The maximum Gasteiger partial charge on any atom is 0.350 e. The highest BCUT2D eigenvalue weighted by Gasteiger charge is 2.27. The molecule has 1 N–H and O–H groups in total. The smallest absolute Gasteiger partial charge is 0.350 e. The lowest BCUT2D eigenvalue weighted by Gasteiger charge is -2.33. The molecule has 1 fully saturated rings. The number of hydrogen-bond donors (Lipinski definition) is 1. The third kappa shape index (κ3) is 3.45. The maximum atomic E-state index is 11.5. The summed E-state index contributed by atoms with van der Waals surface area (Å²) >= 11 is 1.35. The second kappa shape index (κ2) is 5.88. The number of aromatic nitrogens is 1. The molecule has 1 aliphatic rings. The summed E-state index contributed by atoms with van der Waals surface area (Å²) in [5.41, 5.74) is 0.958. The largest absolute Gasteiger partial charge is 0.465 e. The summed E-state index contributed by atoms with van der Waals surface area (Å²) in [5, 5.41) is 4.12. The van der Waals surface area contributed by atoms with Crippen molar-refractivity contribution in [2.45, 2.75) is 26.7 Å². The molecule has 1 saturated heterocycles. The van der Waals surface area contributed by atoms with Gasteiger partial charge < -0.3 is 14.8 Å². The molecule has 1 aliphatic heterocycles. The van der Waals surface area contributed by atoms with Crippen LogP contribution in [-0.4, -0.2) is 37.8 Å². The molecule has 2 heterocycles. The number of thiazole rings is 1. The molecule has 0 amide bonds. The molecule has 0 atom stereocenters. The predicted octanol–water partition coefficient (Wildman–Crippen LogP) is 2.47. The Hall–Kier alpha value is -1.14. The fourth-order valence-electron chi connectivity index (χ4n) is 2.08. The van der Waals surface area contributed by atoms with Crippen LogP contribution in [0, 0.1) is 12.3 Å². The maximum absolute atomic E-state index is 11.5. The average molecular weight is 284 g/mol. The number of aryl methyl sites for hydroxylation is 1. The van der Waals surface area contributed by atoms with Crippen LogP contribution < -0.4 is 5.32 Å². The Morgan fingerprint density at radius 2 is 2.21 bits per heavy atom. The Morgan fingerprint density at radius 3 is 2.84 bits per heavy atom. The number of rotatable bonds is 4. The molecular weight excluding hydrogens is 264 g/mol. The second-order valence-corrected chi connectivity index (χ2v) is 6.20. The Balaban J connectivity index is 1.98. The Kier molecular flexibility index (Phi) is 4.42. The minimum atomic E-state index is -0.319. The summed E-state index contributed by atoms with van der Waals surface area (Å²) in [6, 6.07) is 0. The van der Waals surface area contributed by atoms with Crippen molar-refractivity contribution in [1.82, 2.24) is 4.98 Å². The van der Waals surface area contributed by atoms with Gasteiger partial charge in [-0.3, -0.25) is 0 Å². The zero-order chi connectivity index (χ0) is 13.9. The van der Waals surface area contributed by atoms with Crippen LogP contribution in [-0.2, 0) is 9.47 Å². The molecule has 0 radical (unpaired) electrons. The summed E-state index contributed by atoms with van der Waals surface area (Å²) in [6.45, 7) is 6.57. The van der Waals surface area contributed by atoms with Gasteiger partial charge in [0.1, 0.15) is 4.88 Å². The van der Waals surface area contributed by atoms with Crippen molar-refractivity contribution >= 4 is 22.4 Å². The highest BCUT2D eigenvalue weighted by atomic mass is 32.1. The van der Waals surface area contributed by atoms with E-state index in [1.54, 1.807) is 0 Å². The lowest BCUT2D eigenvalue weighted by molar-refractivity contribution is 0.0300. The van der Waals surface area contributed by atoms with Crippen molar-refractivity contribution in [3.05, 3.63) is 10.6 Å². The van der Waals surface area contributed by atoms with Crippen molar-refractivity contribution in [2.24, 2.45) is 5.41 Å². The fraction of sp³-hybridized carbons (Fsp3) is 0.692. The van der Waals surface area contributed by atoms with Crippen molar-refractivity contribution in [1.29, 1.82) is 0 Å². The van der Waals surface area contributed by atoms with Crippen LogP contribution in [0.25, 0.3) is 0 Å². The summed E-state index contributed by atoms with van der Waals surface area (Å²) < 4.78 is 10.1. The van der Waals surface area contributed by atoms with E-state index in [9.17, 15) is 4.79 Å². The molecule has 0 bridgehead atoms. The number of nitrogens with zero attached hydrogens (tertiary/aromatic N) is 1. The van der Waals surface area contributed by atoms with Gasteiger partial charge in [-0.1, -0.05) is 18.3 Å². The number of ether oxygens (including phenoxy) is 2. The van der Waals surface area contributed by atoms with Crippen LogP contribution in [0.2, 0.25) is 0 Å². The molecule has 0 aromatic carbocycles. The molecule has 0 saturated carbocycles. The van der Waals surface area contributed by atoms with Gasteiger partial charge in [-0.2, -0.15) is 0 Å². The molecular formula is C13H20N2O3S. The third-order valence-corrected chi connectivity index (χ3v) is 4.63. The van der Waals surface area contributed by atoms with Crippen molar-refractivity contribution in [3.63, 3.8) is 0 Å². The number of methoxy groups -OCH3 is 1. The van der Waals surface area contributed by atoms with E-state index in [0.717, 1.165) is 43.4 Å². The molecule has 19 heavy (non-hydrogen) atoms. The van der Waals surface area contributed by atoms with Gasteiger partial charge in [0.25, 0.3) is 0 Å². The number of nitrogens with one attached hydrogen (secondary N) is 1. The first-order valence-corrected chi connectivity index (χ1v) is 7.23. The first-order valence-electron chi connectivity index (χ1n) is 6.41. The second-order valence-electron chi connectivity index (χ2n) is 5.20. The van der Waals surface area contributed by atoms with Crippen molar-refractivity contribution in [3.8, 4) is 0 Å². The van der Waals surface area contributed by atoms with Crippen LogP contribution >= 0.6 is 11.3 Å². The molecule has 1 aromatic rings. The van der Waals surface area contributed by atoms with Crippen LogP contribution in [0.1, 0.15) is 35.1 Å². The van der Waals surface area contributed by atoms with E-state index in [-0.39, 0.29) is 11.4 Å². The number of hydrogen-bond acceptors (Lipinski definition) is 6. The van der Waals surface area contributed by atoms with E-state index in [2.05, 4.69) is 17.2 Å². The first-order chi connectivity index (χ1) is 9.04. The quantitative estimate of drug-likeness (QED) is 0.861. The predicted molar refractivity (Wildman–Crippen MR) is 74.8 cm³/mol. The summed E-state index contributed by atoms with van der Waals surface area (Å²) in [5.74, 6) is -0.319. The fourth-order valence-corrected chi connectivity index (χ4v) is 2.96. The lowest BCUT2D eigenvalue weighted by Crippen LogP contribution is -2.33. The van der Waals surface area contributed by atoms with Gasteiger partial charge in [0.05, 0.1) is 12.8 Å². The summed E-state index contributed by atoms with van der Waals surface area (Å²) in [4.78, 5) is 16.5. The summed E-state index contributed by atoms with van der Waals surface area (Å²) in [7, 11) is 1.39. The van der Waals surface area contributed by atoms with Gasteiger partial charge in [-0.15, -0.1) is 0 Å². The van der Waals surface area contributed by atoms with Gasteiger partial charge >= 0.3 is 5.97 Å². The minimum Gasteiger partial charge on any atom is -0.465 e. The van der Waals surface area contributed by atoms with Gasteiger partial charge in [-0.25, -0.2) is 9.78 Å². The van der Waals surface area contributed by atoms with E-state index >= 15 is 0 Å². The molecule has 2 rings (SSSR count). The van der Waals surface area contributed by atoms with E-state index in [1.807, 2.05) is 6.92 Å². The molecule has 0 aliphatic carbocycles. The van der Waals surface area contributed by atoms with E-state index in [4.69, 9.17) is 9.47 Å². The van der Waals surface area contributed by atoms with Crippen molar-refractivity contribution in [2.75, 3.05) is 32.2 Å². The lowest BCUT2D eigenvalue weighted by atomic mass is 9.82. The van der Waals surface area contributed by atoms with Gasteiger partial charge in [0.2, 0.25) is 0 Å². The zero-order valence-electron chi connectivity index (χ0n) is 11.6. The standard InChI is InChI=1S/C13H20N2O3S/c1-9-10(11(16)17-3)19-12(15-9)14-8-13(2)4-6-18-7-5-13/h4-8H2,1-3H3,(H,14,15). The highest BCUT2D eigenvalue weighted by molar-refractivity contribution is 7.17. The summed E-state index contributed by atoms with van der Waals surface area (Å²) in [6.07, 6.45) is 2.10. The normalized spacial score (nSPS) is 18.1. The Morgan fingerprint density at radius 1 is 1.53 bits per heavy atom. The van der Waals surface area contributed by atoms with Crippen molar-refractivity contribution < 1.29 is 14.3 Å². The first kappa shape index (κ1) is 14.3. The molecule has 106 valence electrons. The molecule has 5 nitrogen and oxygen atoms in total. The Bertz CT molecular complexity index is 453. The number of carbonyl (C=O) groups is 1. The van der Waals surface area contributed by atoms with E-state index in [0.29, 0.717) is 4.88 Å². The van der Waals surface area contributed by atoms with Crippen LogP contribution in [0.4, 0.5) is 5.13 Å². The molecule has 0 unspecified atom stereocenters. The van der Waals surface area contributed by atoms with Gasteiger partial charge in [-0.05, 0) is 25.2 Å². The zero-order valence-corrected chi connectivity index (χ0v) is 12.4. The molecule has 0 spiro atoms. The highest BCUT2D eigenvalue weighted by Crippen LogP contribution is 2.31. The number of esters is 1. The van der Waals surface area contributed by atoms with Crippen LogP contribution in [0.15, 0.2) is 0 Å². The van der Waals surface area contributed by atoms with Crippen LogP contribution in [0.3, 0.4) is 0 Å². The Labute approximate surface area is 117 Å². The monoisotopic (exact) mass is 284 g/mol. The number of anilines is 1. The minimum absolute atomic E-state index is 0.239.